The molecule has 0 aliphatic heterocycles. The lowest BCUT2D eigenvalue weighted by Crippen LogP contribution is -1.89. The minimum Gasteiger partial charge on any atom is -0.206 e. The van der Waals surface area contributed by atoms with Gasteiger partial charge < -0.3 is 0 Å². The number of hydrogen-bond acceptors (Lipinski definition) is 1. The molecule has 0 N–H and O–H groups in total. The molecule has 2 rings (SSSR count). The monoisotopic (exact) mass is 245 g/mol. The number of hydrogen-bond donors (Lipinski definition) is 0. The maximum Gasteiger partial charge on any atom is 0.133 e. The molecule has 0 radical (unpaired) electrons. The fraction of sp³-hybridized carbons (Fsp3) is 0.0714. The molecule has 2 aromatic rings. The molecule has 0 aliphatic carbocycles. The lowest BCUT2D eigenvalue weighted by Gasteiger charge is -2.07. The lowest BCUT2D eigenvalue weighted by molar-refractivity contribution is 0.622. The molecule has 0 amide bonds. The van der Waals surface area contributed by atoms with E-state index in [4.69, 9.17) is 16.9 Å². The van der Waals surface area contributed by atoms with Gasteiger partial charge >= 0.3 is 0 Å². The number of nitriles is 1. The summed E-state index contributed by atoms with van der Waals surface area (Å²) in [5.41, 5.74) is 2.10. The van der Waals surface area contributed by atoms with Crippen LogP contribution in [0.25, 0.3) is 11.1 Å². The van der Waals surface area contributed by atoms with Crippen LogP contribution in [0, 0.1) is 24.1 Å². The maximum atomic E-state index is 13.9. The van der Waals surface area contributed by atoms with E-state index in [-0.39, 0.29) is 5.82 Å². The Morgan fingerprint density at radius 3 is 2.59 bits per heavy atom. The Balaban J connectivity index is 2.62. The molecule has 0 atom stereocenters. The van der Waals surface area contributed by atoms with Crippen LogP contribution in [-0.2, 0) is 0 Å². The highest BCUT2D eigenvalue weighted by atomic mass is 35.5. The van der Waals surface area contributed by atoms with Gasteiger partial charge in [0, 0.05) is 16.1 Å². The predicted octanol–water partition coefficient (Wildman–Crippen LogP) is 4.33. The SMILES string of the molecule is Cc1cccc(-c2ccc(C#N)cc2Cl)c1F. The van der Waals surface area contributed by atoms with Crippen LogP contribution in [0.5, 0.6) is 0 Å². The molecule has 0 unspecified atom stereocenters. The summed E-state index contributed by atoms with van der Waals surface area (Å²) in [6.07, 6.45) is 0. The molecule has 0 spiro atoms. The average Bonchev–Trinajstić information content (AvgIpc) is 2.33. The molecule has 2 aromatic carbocycles. The molecule has 17 heavy (non-hydrogen) atoms. The van der Waals surface area contributed by atoms with Gasteiger partial charge in [0.15, 0.2) is 0 Å². The molecule has 0 aromatic heterocycles. The Kier molecular flexibility index (Phi) is 3.12. The Hall–Kier alpha value is -1.85. The van der Waals surface area contributed by atoms with Crippen molar-refractivity contribution < 1.29 is 4.39 Å². The minimum absolute atomic E-state index is 0.279. The molecule has 0 saturated carbocycles. The quantitative estimate of drug-likeness (QED) is 0.734. The van der Waals surface area contributed by atoms with Crippen molar-refractivity contribution in [3.05, 3.63) is 58.4 Å². The fourth-order valence-electron chi connectivity index (χ4n) is 1.66. The van der Waals surface area contributed by atoms with Gasteiger partial charge in [-0.1, -0.05) is 35.9 Å². The Labute approximate surface area is 104 Å². The van der Waals surface area contributed by atoms with Crippen molar-refractivity contribution in [3.63, 3.8) is 0 Å². The van der Waals surface area contributed by atoms with Gasteiger partial charge in [0.05, 0.1) is 11.6 Å². The van der Waals surface area contributed by atoms with Crippen molar-refractivity contribution in [1.29, 1.82) is 5.26 Å². The molecule has 84 valence electrons. The Morgan fingerprint density at radius 2 is 1.94 bits per heavy atom. The third kappa shape index (κ3) is 2.15. The first-order valence-electron chi connectivity index (χ1n) is 5.08. The van der Waals surface area contributed by atoms with E-state index in [0.717, 1.165) is 0 Å². The molecule has 0 saturated heterocycles. The summed E-state index contributed by atoms with van der Waals surface area (Å²) >= 11 is 6.05. The van der Waals surface area contributed by atoms with Crippen molar-refractivity contribution in [2.24, 2.45) is 0 Å². The van der Waals surface area contributed by atoms with Crippen molar-refractivity contribution in [2.75, 3.05) is 0 Å². The van der Waals surface area contributed by atoms with E-state index in [1.54, 1.807) is 43.3 Å². The first-order valence-corrected chi connectivity index (χ1v) is 5.46. The van der Waals surface area contributed by atoms with Gasteiger partial charge in [0.2, 0.25) is 0 Å². The van der Waals surface area contributed by atoms with Crippen LogP contribution in [0.4, 0.5) is 4.39 Å². The normalized spacial score (nSPS) is 10.0. The second-order valence-electron chi connectivity index (χ2n) is 3.74. The van der Waals surface area contributed by atoms with Gasteiger partial charge in [-0.25, -0.2) is 4.39 Å². The van der Waals surface area contributed by atoms with Crippen LogP contribution in [0.15, 0.2) is 36.4 Å². The third-order valence-corrected chi connectivity index (χ3v) is 2.89. The van der Waals surface area contributed by atoms with Gasteiger partial charge in [-0.05, 0) is 24.6 Å². The Bertz CT molecular complexity index is 614. The van der Waals surface area contributed by atoms with E-state index in [9.17, 15) is 4.39 Å². The molecular weight excluding hydrogens is 237 g/mol. The smallest absolute Gasteiger partial charge is 0.133 e. The summed E-state index contributed by atoms with van der Waals surface area (Å²) in [7, 11) is 0. The van der Waals surface area contributed by atoms with Crippen molar-refractivity contribution >= 4 is 11.6 Å². The van der Waals surface area contributed by atoms with Gasteiger partial charge in [-0.2, -0.15) is 5.26 Å². The van der Waals surface area contributed by atoms with Crippen LogP contribution in [0.1, 0.15) is 11.1 Å². The minimum atomic E-state index is -0.279. The zero-order chi connectivity index (χ0) is 12.4. The zero-order valence-corrected chi connectivity index (χ0v) is 9.92. The highest BCUT2D eigenvalue weighted by Gasteiger charge is 2.10. The van der Waals surface area contributed by atoms with Crippen molar-refractivity contribution in [3.8, 4) is 17.2 Å². The average molecular weight is 246 g/mol. The molecule has 0 fully saturated rings. The number of nitrogens with zero attached hydrogens (tertiary/aromatic N) is 1. The summed E-state index contributed by atoms with van der Waals surface area (Å²) < 4.78 is 13.9. The first-order chi connectivity index (χ1) is 8.13. The van der Waals surface area contributed by atoms with Crippen LogP contribution in [-0.4, -0.2) is 0 Å². The summed E-state index contributed by atoms with van der Waals surface area (Å²) in [5, 5.41) is 9.12. The largest absolute Gasteiger partial charge is 0.206 e. The van der Waals surface area contributed by atoms with Crippen LogP contribution in [0.2, 0.25) is 5.02 Å². The number of aryl methyl sites for hydroxylation is 1. The van der Waals surface area contributed by atoms with Gasteiger partial charge in [0.1, 0.15) is 5.82 Å². The summed E-state index contributed by atoms with van der Waals surface area (Å²) in [6, 6.07) is 12.0. The van der Waals surface area contributed by atoms with E-state index >= 15 is 0 Å². The molecule has 0 bridgehead atoms. The van der Waals surface area contributed by atoms with Crippen LogP contribution in [0.3, 0.4) is 0 Å². The molecular formula is C14H9ClFN. The number of halogens is 2. The second-order valence-corrected chi connectivity index (χ2v) is 4.15. The molecule has 3 heteroatoms. The van der Waals surface area contributed by atoms with E-state index < -0.39 is 0 Å². The summed E-state index contributed by atoms with van der Waals surface area (Å²) in [4.78, 5) is 0. The van der Waals surface area contributed by atoms with E-state index in [1.807, 2.05) is 6.07 Å². The summed E-state index contributed by atoms with van der Waals surface area (Å²) in [5.74, 6) is -0.279. The lowest BCUT2D eigenvalue weighted by atomic mass is 10.0. The van der Waals surface area contributed by atoms with E-state index in [0.29, 0.717) is 27.3 Å². The molecule has 0 aliphatic rings. The highest BCUT2D eigenvalue weighted by molar-refractivity contribution is 6.33. The van der Waals surface area contributed by atoms with Crippen LogP contribution < -0.4 is 0 Å². The van der Waals surface area contributed by atoms with Gasteiger partial charge in [-0.3, -0.25) is 0 Å². The Morgan fingerprint density at radius 1 is 1.18 bits per heavy atom. The summed E-state index contributed by atoms with van der Waals surface area (Å²) in [6.45, 7) is 1.70. The van der Waals surface area contributed by atoms with Gasteiger partial charge in [-0.15, -0.1) is 0 Å². The third-order valence-electron chi connectivity index (χ3n) is 2.58. The topological polar surface area (TPSA) is 23.8 Å². The van der Waals surface area contributed by atoms with Crippen LogP contribution >= 0.6 is 11.6 Å². The predicted molar refractivity (Wildman–Crippen MR) is 66.3 cm³/mol. The number of rotatable bonds is 1. The highest BCUT2D eigenvalue weighted by Crippen LogP contribution is 2.31. The van der Waals surface area contributed by atoms with E-state index in [1.165, 1.54) is 0 Å². The molecule has 0 heterocycles. The van der Waals surface area contributed by atoms with Gasteiger partial charge in [0.25, 0.3) is 0 Å². The number of benzene rings is 2. The fourth-order valence-corrected chi connectivity index (χ4v) is 1.94. The first kappa shape index (κ1) is 11.6. The van der Waals surface area contributed by atoms with Crippen molar-refractivity contribution in [2.45, 2.75) is 6.92 Å². The standard InChI is InChI=1S/C14H9ClFN/c1-9-3-2-4-12(14(9)16)11-6-5-10(8-17)7-13(11)15/h2-7H,1H3. The maximum absolute atomic E-state index is 13.9. The molecule has 1 nitrogen and oxygen atoms in total. The van der Waals surface area contributed by atoms with E-state index in [2.05, 4.69) is 0 Å². The second kappa shape index (κ2) is 4.57. The van der Waals surface area contributed by atoms with Crippen molar-refractivity contribution in [1.82, 2.24) is 0 Å². The zero-order valence-electron chi connectivity index (χ0n) is 9.17.